The molecule has 193 valence electrons. The standard InChI is InChI=1S/C24H23F2N7O3S.K/c1-24(2,36)12-7-15(25)20(16(26)8-12)18-9-14(21(27)34)23(37-18)31-19-6-4-5-13(30-19)11-33-17(10-29-32-33)22(35)28-3;/h4-10,36H,11H2,1-3H3,(H2,27,34)(H,28,35)(H,30,31);. The Bertz CT molecular complexity index is 1480. The van der Waals surface area contributed by atoms with E-state index in [0.717, 1.165) is 23.5 Å². The van der Waals surface area contributed by atoms with Crippen molar-refractivity contribution in [3.05, 3.63) is 76.7 Å². The maximum absolute atomic E-state index is 14.9. The van der Waals surface area contributed by atoms with Crippen molar-refractivity contribution in [2.75, 3.05) is 12.4 Å². The van der Waals surface area contributed by atoms with E-state index in [0.29, 0.717) is 11.5 Å². The Morgan fingerprint density at radius 1 is 1.18 bits per heavy atom. The number of nitrogens with zero attached hydrogens (tertiary/aromatic N) is 4. The van der Waals surface area contributed by atoms with Gasteiger partial charge in [0.1, 0.15) is 28.1 Å². The van der Waals surface area contributed by atoms with Crippen molar-refractivity contribution in [1.82, 2.24) is 25.3 Å². The third-order valence-corrected chi connectivity index (χ3v) is 6.50. The summed E-state index contributed by atoms with van der Waals surface area (Å²) in [4.78, 5) is 28.7. The average molecular weight is 567 g/mol. The first-order valence-electron chi connectivity index (χ1n) is 11.0. The number of anilines is 2. The summed E-state index contributed by atoms with van der Waals surface area (Å²) < 4.78 is 31.2. The van der Waals surface area contributed by atoms with Crippen LogP contribution in [-0.4, -0.2) is 95.3 Å². The number of halogens is 2. The zero-order valence-electron chi connectivity index (χ0n) is 21.0. The number of primary amides is 1. The Morgan fingerprint density at radius 3 is 2.47 bits per heavy atom. The summed E-state index contributed by atoms with van der Waals surface area (Å²) >= 11 is 0.923. The molecule has 4 aromatic rings. The van der Waals surface area contributed by atoms with E-state index in [1.807, 2.05) is 0 Å². The van der Waals surface area contributed by atoms with Crippen LogP contribution in [-0.2, 0) is 12.1 Å². The molecule has 0 fully saturated rings. The van der Waals surface area contributed by atoms with E-state index < -0.39 is 23.1 Å². The van der Waals surface area contributed by atoms with Crippen LogP contribution >= 0.6 is 11.3 Å². The summed E-state index contributed by atoms with van der Waals surface area (Å²) in [6.45, 7) is 2.98. The van der Waals surface area contributed by atoms with Gasteiger partial charge in [0.2, 0.25) is 0 Å². The molecule has 10 nitrogen and oxygen atoms in total. The van der Waals surface area contributed by atoms with Crippen LogP contribution in [0.4, 0.5) is 19.6 Å². The van der Waals surface area contributed by atoms with Crippen LogP contribution in [0, 0.1) is 11.6 Å². The SMILES string of the molecule is CNC(=O)c1cnnn1Cc1cccc(Nc2sc(-c3c(F)cc(C(C)(C)O)cc3F)cc2C(N)=O)n1.[K]. The number of hydrogen-bond donors (Lipinski definition) is 4. The fraction of sp³-hybridized carbons (Fsp3) is 0.208. The van der Waals surface area contributed by atoms with Crippen LogP contribution in [0.5, 0.6) is 0 Å². The van der Waals surface area contributed by atoms with Gasteiger partial charge in [-0.3, -0.25) is 9.59 Å². The molecule has 0 saturated heterocycles. The summed E-state index contributed by atoms with van der Waals surface area (Å²) in [7, 11) is 1.49. The molecule has 0 atom stereocenters. The van der Waals surface area contributed by atoms with E-state index in [1.165, 1.54) is 37.8 Å². The number of rotatable bonds is 8. The molecule has 0 aliphatic rings. The van der Waals surface area contributed by atoms with Gasteiger partial charge in [-0.15, -0.1) is 16.4 Å². The molecule has 4 rings (SSSR count). The van der Waals surface area contributed by atoms with E-state index in [4.69, 9.17) is 5.73 Å². The number of benzene rings is 1. The number of thiophene rings is 1. The van der Waals surface area contributed by atoms with Crippen LogP contribution < -0.4 is 16.4 Å². The molecule has 0 spiro atoms. The summed E-state index contributed by atoms with van der Waals surface area (Å²) in [5.41, 5.74) is 4.62. The molecule has 0 unspecified atom stereocenters. The van der Waals surface area contributed by atoms with E-state index in [2.05, 4.69) is 25.9 Å². The molecule has 0 aliphatic heterocycles. The summed E-state index contributed by atoms with van der Waals surface area (Å²) in [6, 6.07) is 8.46. The smallest absolute Gasteiger partial charge is 0.270 e. The average Bonchev–Trinajstić information content (AvgIpc) is 3.45. The zero-order chi connectivity index (χ0) is 26.9. The molecule has 1 radical (unpaired) electrons. The van der Waals surface area contributed by atoms with E-state index >= 15 is 0 Å². The summed E-state index contributed by atoms with van der Waals surface area (Å²) in [5, 5.41) is 23.5. The minimum atomic E-state index is -1.44. The first-order valence-corrected chi connectivity index (χ1v) is 11.8. The number of hydrogen-bond acceptors (Lipinski definition) is 8. The van der Waals surface area contributed by atoms with Crippen LogP contribution in [0.1, 0.15) is 46.0 Å². The van der Waals surface area contributed by atoms with Crippen molar-refractivity contribution in [2.24, 2.45) is 5.73 Å². The van der Waals surface area contributed by atoms with E-state index in [9.17, 15) is 23.5 Å². The summed E-state index contributed by atoms with van der Waals surface area (Å²) in [6.07, 6.45) is 1.33. The van der Waals surface area contributed by atoms with Crippen molar-refractivity contribution in [2.45, 2.75) is 26.0 Å². The monoisotopic (exact) mass is 566 g/mol. The minimum absolute atomic E-state index is 0. The van der Waals surface area contributed by atoms with Gasteiger partial charge in [0.15, 0.2) is 0 Å². The fourth-order valence-electron chi connectivity index (χ4n) is 3.54. The Hall–Kier alpha value is -2.59. The minimum Gasteiger partial charge on any atom is -0.386 e. The largest absolute Gasteiger partial charge is 0.386 e. The van der Waals surface area contributed by atoms with Gasteiger partial charge in [-0.1, -0.05) is 11.3 Å². The Kier molecular flexibility index (Phi) is 9.51. The Balaban J connectivity index is 0.00000400. The molecule has 5 N–H and O–H groups in total. The number of aromatic nitrogens is 4. The van der Waals surface area contributed by atoms with Crippen molar-refractivity contribution >= 4 is 85.4 Å². The third-order valence-electron chi connectivity index (χ3n) is 5.43. The van der Waals surface area contributed by atoms with E-state index in [1.54, 1.807) is 18.2 Å². The molecule has 38 heavy (non-hydrogen) atoms. The molecule has 0 aliphatic carbocycles. The van der Waals surface area contributed by atoms with Crippen LogP contribution in [0.2, 0.25) is 0 Å². The van der Waals surface area contributed by atoms with Gasteiger partial charge in [0.05, 0.1) is 35.2 Å². The Labute approximate surface area is 263 Å². The number of pyridine rings is 1. The number of nitrogens with one attached hydrogen (secondary N) is 2. The first-order chi connectivity index (χ1) is 17.5. The predicted molar refractivity (Wildman–Crippen MR) is 139 cm³/mol. The van der Waals surface area contributed by atoms with Gasteiger partial charge < -0.3 is 21.5 Å². The summed E-state index contributed by atoms with van der Waals surface area (Å²) in [5.74, 6) is -2.60. The van der Waals surface area contributed by atoms with Gasteiger partial charge in [-0.25, -0.2) is 18.4 Å². The Morgan fingerprint density at radius 2 is 1.87 bits per heavy atom. The number of amides is 2. The second kappa shape index (κ2) is 12.1. The van der Waals surface area contributed by atoms with Crippen LogP contribution in [0.3, 0.4) is 0 Å². The maximum atomic E-state index is 14.9. The third kappa shape index (κ3) is 6.51. The fourth-order valence-corrected chi connectivity index (χ4v) is 4.66. The molecular formula is C24H23F2KN7O3S. The normalized spacial score (nSPS) is 11.1. The molecule has 2 amide bonds. The molecule has 3 aromatic heterocycles. The van der Waals surface area contributed by atoms with Crippen molar-refractivity contribution < 1.29 is 23.5 Å². The van der Waals surface area contributed by atoms with Crippen molar-refractivity contribution in [1.29, 1.82) is 0 Å². The zero-order valence-corrected chi connectivity index (χ0v) is 25.0. The van der Waals surface area contributed by atoms with Gasteiger partial charge in [-0.05, 0) is 49.7 Å². The van der Waals surface area contributed by atoms with Crippen molar-refractivity contribution in [3.8, 4) is 10.4 Å². The topological polar surface area (TPSA) is 148 Å². The predicted octanol–water partition coefficient (Wildman–Crippen LogP) is 2.78. The molecule has 14 heteroatoms. The first kappa shape index (κ1) is 30.0. The number of nitrogens with two attached hydrogens (primary N) is 1. The number of carbonyl (C=O) groups excluding carboxylic acids is 2. The number of carbonyl (C=O) groups is 2. The number of aliphatic hydroxyl groups is 1. The van der Waals surface area contributed by atoms with E-state index in [-0.39, 0.29) is 96.1 Å². The van der Waals surface area contributed by atoms with Crippen molar-refractivity contribution in [3.63, 3.8) is 0 Å². The van der Waals surface area contributed by atoms with Crippen LogP contribution in [0.15, 0.2) is 42.6 Å². The molecule has 0 saturated carbocycles. The van der Waals surface area contributed by atoms with Gasteiger partial charge in [0.25, 0.3) is 11.8 Å². The molecular weight excluding hydrogens is 543 g/mol. The molecule has 0 bridgehead atoms. The molecule has 1 aromatic carbocycles. The van der Waals surface area contributed by atoms with Gasteiger partial charge in [0, 0.05) is 63.3 Å². The van der Waals surface area contributed by atoms with Crippen LogP contribution in [0.25, 0.3) is 10.4 Å². The quantitative estimate of drug-likeness (QED) is 0.240. The second-order valence-corrected chi connectivity index (χ2v) is 9.64. The van der Waals surface area contributed by atoms with Gasteiger partial charge in [-0.2, -0.15) is 0 Å². The maximum Gasteiger partial charge on any atom is 0.270 e. The second-order valence-electron chi connectivity index (χ2n) is 8.59. The molecule has 3 heterocycles. The van der Waals surface area contributed by atoms with Gasteiger partial charge >= 0.3 is 0 Å².